The zero-order valence-electron chi connectivity index (χ0n) is 15.1. The molecule has 1 aromatic heterocycles. The molecule has 0 saturated carbocycles. The molecule has 25 heavy (non-hydrogen) atoms. The number of para-hydroxylation sites is 1. The number of hydrogen-bond donors (Lipinski definition) is 3. The van der Waals surface area contributed by atoms with Gasteiger partial charge in [0.2, 0.25) is 0 Å². The van der Waals surface area contributed by atoms with Crippen molar-refractivity contribution in [2.24, 2.45) is 0 Å². The Morgan fingerprint density at radius 2 is 2.08 bits per heavy atom. The highest BCUT2D eigenvalue weighted by Gasteiger charge is 2.18. The van der Waals surface area contributed by atoms with E-state index in [-0.39, 0.29) is 5.91 Å². The minimum atomic E-state index is -0.00463. The highest BCUT2D eigenvalue weighted by molar-refractivity contribution is 5.97. The van der Waals surface area contributed by atoms with Crippen LogP contribution in [0, 0.1) is 13.8 Å². The predicted octanol–water partition coefficient (Wildman–Crippen LogP) is 2.87. The first kappa shape index (κ1) is 17.3. The van der Waals surface area contributed by atoms with Crippen LogP contribution >= 0.6 is 0 Å². The molecule has 2 aromatic rings. The molecule has 0 bridgehead atoms. The van der Waals surface area contributed by atoms with E-state index in [2.05, 4.69) is 51.8 Å². The van der Waals surface area contributed by atoms with Crippen LogP contribution in [0.1, 0.15) is 34.1 Å². The van der Waals surface area contributed by atoms with E-state index < -0.39 is 0 Å². The highest BCUT2D eigenvalue weighted by Crippen LogP contribution is 2.31. The molecule has 0 aliphatic carbocycles. The fourth-order valence-electron chi connectivity index (χ4n) is 3.28. The Bertz CT molecular complexity index is 804. The number of benzene rings is 1. The number of carbonyl (C=O) groups excluding carboxylic acids is 1. The number of nitrogens with one attached hydrogen (secondary N) is 3. The Morgan fingerprint density at radius 3 is 2.88 bits per heavy atom. The van der Waals surface area contributed by atoms with Crippen molar-refractivity contribution in [3.63, 3.8) is 0 Å². The van der Waals surface area contributed by atoms with Crippen LogP contribution in [0.2, 0.25) is 0 Å². The molecule has 1 aliphatic rings. The molecule has 0 radical (unpaired) electrons. The first-order chi connectivity index (χ1) is 12.1. The van der Waals surface area contributed by atoms with Gasteiger partial charge in [0.15, 0.2) is 0 Å². The van der Waals surface area contributed by atoms with Crippen molar-refractivity contribution < 1.29 is 4.79 Å². The maximum atomic E-state index is 12.5. The van der Waals surface area contributed by atoms with Gasteiger partial charge >= 0.3 is 0 Å². The van der Waals surface area contributed by atoms with Crippen LogP contribution in [0.5, 0.6) is 0 Å². The van der Waals surface area contributed by atoms with Crippen molar-refractivity contribution in [2.45, 2.75) is 20.8 Å². The third-order valence-corrected chi connectivity index (χ3v) is 4.58. The van der Waals surface area contributed by atoms with Gasteiger partial charge in [0.25, 0.3) is 5.91 Å². The maximum Gasteiger partial charge on any atom is 0.253 e. The number of rotatable bonds is 6. The van der Waals surface area contributed by atoms with Gasteiger partial charge in [-0.2, -0.15) is 0 Å². The smallest absolute Gasteiger partial charge is 0.253 e. The van der Waals surface area contributed by atoms with Crippen molar-refractivity contribution in [2.75, 3.05) is 31.5 Å². The minimum absolute atomic E-state index is 0.00463. The van der Waals surface area contributed by atoms with Crippen LogP contribution in [0.25, 0.3) is 11.8 Å². The van der Waals surface area contributed by atoms with Gasteiger partial charge in [0.05, 0.1) is 5.56 Å². The largest absolute Gasteiger partial charge is 0.380 e. The second-order valence-corrected chi connectivity index (χ2v) is 6.34. The van der Waals surface area contributed by atoms with Crippen LogP contribution in [0.4, 0.5) is 5.69 Å². The van der Waals surface area contributed by atoms with Crippen LogP contribution in [0.15, 0.2) is 30.5 Å². The van der Waals surface area contributed by atoms with Crippen molar-refractivity contribution >= 4 is 23.4 Å². The summed E-state index contributed by atoms with van der Waals surface area (Å²) in [4.78, 5) is 12.5. The molecule has 2 heterocycles. The Labute approximate surface area is 149 Å². The van der Waals surface area contributed by atoms with E-state index in [1.165, 1.54) is 11.1 Å². The van der Waals surface area contributed by atoms with Gasteiger partial charge in [0.1, 0.15) is 0 Å². The summed E-state index contributed by atoms with van der Waals surface area (Å²) < 4.78 is 2.06. The average Bonchev–Trinajstić information content (AvgIpc) is 3.13. The fourth-order valence-corrected chi connectivity index (χ4v) is 3.28. The summed E-state index contributed by atoms with van der Waals surface area (Å²) in [5, 5.41) is 9.61. The SMILES string of the molecule is CCNCCNC(=O)c1c(C)cn(C=C2CNc3ccccc32)c1C. The molecular formula is C20H26N4O. The molecule has 5 heteroatoms. The monoisotopic (exact) mass is 338 g/mol. The van der Waals surface area contributed by atoms with E-state index in [0.717, 1.165) is 42.1 Å². The molecule has 1 amide bonds. The summed E-state index contributed by atoms with van der Waals surface area (Å²) in [7, 11) is 0. The lowest BCUT2D eigenvalue weighted by Gasteiger charge is -2.07. The van der Waals surface area contributed by atoms with Crippen LogP contribution in [-0.2, 0) is 0 Å². The first-order valence-corrected chi connectivity index (χ1v) is 8.82. The summed E-state index contributed by atoms with van der Waals surface area (Å²) in [6.45, 7) is 9.18. The molecule has 1 aromatic carbocycles. The summed E-state index contributed by atoms with van der Waals surface area (Å²) >= 11 is 0. The van der Waals surface area contributed by atoms with Crippen molar-refractivity contribution in [1.29, 1.82) is 0 Å². The summed E-state index contributed by atoms with van der Waals surface area (Å²) in [6, 6.07) is 8.31. The van der Waals surface area contributed by atoms with Gasteiger partial charge in [-0.1, -0.05) is 25.1 Å². The number of amides is 1. The quantitative estimate of drug-likeness (QED) is 0.710. The van der Waals surface area contributed by atoms with E-state index in [4.69, 9.17) is 0 Å². The Hall–Kier alpha value is -2.53. The van der Waals surface area contributed by atoms with Gasteiger partial charge in [-0.3, -0.25) is 4.79 Å². The molecule has 3 N–H and O–H groups in total. The number of nitrogens with zero attached hydrogens (tertiary/aromatic N) is 1. The molecule has 132 valence electrons. The van der Waals surface area contributed by atoms with Crippen LogP contribution < -0.4 is 16.0 Å². The zero-order valence-corrected chi connectivity index (χ0v) is 15.1. The molecule has 3 rings (SSSR count). The third-order valence-electron chi connectivity index (χ3n) is 4.58. The number of likely N-dealkylation sites (N-methyl/N-ethyl adjacent to an activating group) is 1. The normalized spacial score (nSPS) is 14.4. The maximum absolute atomic E-state index is 12.5. The standard InChI is InChI=1S/C20H26N4O/c1-4-21-9-10-22-20(25)19-14(2)12-24(15(19)3)13-16-11-23-18-8-6-5-7-17(16)18/h5-8,12-13,21,23H,4,9-11H2,1-3H3,(H,22,25). The molecule has 0 fully saturated rings. The molecule has 0 saturated heterocycles. The molecule has 0 spiro atoms. The van der Waals surface area contributed by atoms with Crippen LogP contribution in [-0.4, -0.2) is 36.7 Å². The predicted molar refractivity (Wildman–Crippen MR) is 104 cm³/mol. The Morgan fingerprint density at radius 1 is 1.28 bits per heavy atom. The van der Waals surface area contributed by atoms with Gasteiger partial charge < -0.3 is 20.5 Å². The van der Waals surface area contributed by atoms with Crippen molar-refractivity contribution in [3.8, 4) is 0 Å². The molecule has 0 atom stereocenters. The number of aromatic nitrogens is 1. The summed E-state index contributed by atoms with van der Waals surface area (Å²) in [5.41, 5.74) is 6.35. The second kappa shape index (κ2) is 7.57. The number of carbonyl (C=O) groups is 1. The lowest BCUT2D eigenvalue weighted by Crippen LogP contribution is -2.32. The number of anilines is 1. The average molecular weight is 338 g/mol. The molecular weight excluding hydrogens is 312 g/mol. The Balaban J connectivity index is 1.81. The van der Waals surface area contributed by atoms with Gasteiger partial charge in [-0.25, -0.2) is 0 Å². The minimum Gasteiger partial charge on any atom is -0.380 e. The van der Waals surface area contributed by atoms with E-state index in [1.807, 2.05) is 26.1 Å². The van der Waals surface area contributed by atoms with Gasteiger partial charge in [-0.15, -0.1) is 0 Å². The van der Waals surface area contributed by atoms with Gasteiger partial charge in [-0.05, 0) is 37.6 Å². The molecule has 0 unspecified atom stereocenters. The van der Waals surface area contributed by atoms with E-state index >= 15 is 0 Å². The number of fused-ring (bicyclic) bond motifs is 1. The van der Waals surface area contributed by atoms with E-state index in [1.54, 1.807) is 0 Å². The Kier molecular flexibility index (Phi) is 5.24. The van der Waals surface area contributed by atoms with E-state index in [0.29, 0.717) is 6.54 Å². The molecule has 1 aliphatic heterocycles. The van der Waals surface area contributed by atoms with Crippen LogP contribution in [0.3, 0.4) is 0 Å². The zero-order chi connectivity index (χ0) is 17.8. The topological polar surface area (TPSA) is 58.1 Å². The lowest BCUT2D eigenvalue weighted by atomic mass is 10.1. The van der Waals surface area contributed by atoms with Crippen molar-refractivity contribution in [3.05, 3.63) is 52.8 Å². The highest BCUT2D eigenvalue weighted by atomic mass is 16.1. The van der Waals surface area contributed by atoms with Crippen molar-refractivity contribution in [1.82, 2.24) is 15.2 Å². The number of hydrogen-bond acceptors (Lipinski definition) is 3. The second-order valence-electron chi connectivity index (χ2n) is 6.34. The van der Waals surface area contributed by atoms with E-state index in [9.17, 15) is 4.79 Å². The fraction of sp³-hybridized carbons (Fsp3) is 0.350. The summed E-state index contributed by atoms with van der Waals surface area (Å²) in [5.74, 6) is -0.00463. The van der Waals surface area contributed by atoms with Gasteiger partial charge in [0, 0.05) is 49.0 Å². The number of aryl methyl sites for hydroxylation is 1. The summed E-state index contributed by atoms with van der Waals surface area (Å²) in [6.07, 6.45) is 4.15. The molecule has 5 nitrogen and oxygen atoms in total. The third kappa shape index (κ3) is 3.61. The lowest BCUT2D eigenvalue weighted by molar-refractivity contribution is 0.0953. The first-order valence-electron chi connectivity index (χ1n) is 8.82.